The van der Waals surface area contributed by atoms with E-state index in [4.69, 9.17) is 0 Å². The van der Waals surface area contributed by atoms with Crippen LogP contribution in [0.1, 0.15) is 0 Å². The molecule has 0 aromatic heterocycles. The molecule has 5 rings (SSSR count). The van der Waals surface area contributed by atoms with Crippen molar-refractivity contribution in [2.24, 2.45) is 0 Å². The zero-order valence-electron chi connectivity index (χ0n) is 10.9. The van der Waals surface area contributed by atoms with Gasteiger partial charge in [0.05, 0.1) is 0 Å². The molecule has 20 heavy (non-hydrogen) atoms. The minimum Gasteiger partial charge on any atom is -0.0616 e. The predicted molar refractivity (Wildman–Crippen MR) is 85.9 cm³/mol. The summed E-state index contributed by atoms with van der Waals surface area (Å²) in [5.74, 6) is 0. The van der Waals surface area contributed by atoms with Crippen molar-refractivity contribution in [3.05, 3.63) is 72.8 Å². The molecule has 0 nitrogen and oxygen atoms in total. The molecule has 0 radical (unpaired) electrons. The van der Waals surface area contributed by atoms with Crippen LogP contribution in [0.3, 0.4) is 0 Å². The lowest BCUT2D eigenvalue weighted by Crippen LogP contribution is -1.80. The van der Waals surface area contributed by atoms with Gasteiger partial charge >= 0.3 is 0 Å². The van der Waals surface area contributed by atoms with Crippen LogP contribution in [0.25, 0.3) is 43.8 Å². The van der Waals surface area contributed by atoms with Gasteiger partial charge in [0, 0.05) is 0 Å². The first kappa shape index (κ1) is 10.2. The lowest BCUT2D eigenvalue weighted by Gasteiger charge is -2.06. The van der Waals surface area contributed by atoms with E-state index >= 15 is 0 Å². The topological polar surface area (TPSA) is 0 Å². The van der Waals surface area contributed by atoms with Crippen LogP contribution in [0.5, 0.6) is 0 Å². The number of fused-ring (bicyclic) bond motifs is 5. The second-order valence-electron chi connectivity index (χ2n) is 5.42. The third-order valence-corrected chi connectivity index (χ3v) is 4.39. The Balaban J connectivity index is 2.08. The van der Waals surface area contributed by atoms with Crippen molar-refractivity contribution in [3.63, 3.8) is 0 Å². The fourth-order valence-corrected chi connectivity index (χ4v) is 3.56. The zero-order chi connectivity index (χ0) is 13.1. The lowest BCUT2D eigenvalue weighted by molar-refractivity contribution is 1.73. The van der Waals surface area contributed by atoms with E-state index in [1.54, 1.807) is 0 Å². The summed E-state index contributed by atoms with van der Waals surface area (Å²) in [5.41, 5.74) is 5.52. The van der Waals surface area contributed by atoms with Crippen LogP contribution >= 0.6 is 0 Å². The van der Waals surface area contributed by atoms with Crippen molar-refractivity contribution in [3.8, 4) is 22.3 Å². The fraction of sp³-hybridized carbons (Fsp3) is 0. The summed E-state index contributed by atoms with van der Waals surface area (Å²) in [4.78, 5) is 0. The van der Waals surface area contributed by atoms with E-state index in [9.17, 15) is 0 Å². The summed E-state index contributed by atoms with van der Waals surface area (Å²) in [7, 11) is 0. The van der Waals surface area contributed by atoms with Gasteiger partial charge in [0.1, 0.15) is 0 Å². The molecule has 0 heteroatoms. The first-order valence-electron chi connectivity index (χ1n) is 6.98. The van der Waals surface area contributed by atoms with Gasteiger partial charge in [0.15, 0.2) is 0 Å². The third-order valence-electron chi connectivity index (χ3n) is 4.39. The van der Waals surface area contributed by atoms with Gasteiger partial charge in [-0.2, -0.15) is 0 Å². The van der Waals surface area contributed by atoms with Gasteiger partial charge in [0.2, 0.25) is 0 Å². The highest BCUT2D eigenvalue weighted by atomic mass is 14.2. The summed E-state index contributed by atoms with van der Waals surface area (Å²) in [6.07, 6.45) is 0. The molecule has 4 aromatic carbocycles. The Morgan fingerprint density at radius 1 is 0.450 bits per heavy atom. The normalized spacial score (nSPS) is 12.0. The Hall–Kier alpha value is -2.60. The molecule has 0 amide bonds. The van der Waals surface area contributed by atoms with Gasteiger partial charge in [-0.15, -0.1) is 0 Å². The Bertz CT molecular complexity index is 988. The molecule has 0 fully saturated rings. The van der Waals surface area contributed by atoms with Crippen molar-refractivity contribution < 1.29 is 0 Å². The van der Waals surface area contributed by atoms with Crippen LogP contribution < -0.4 is 0 Å². The second kappa shape index (κ2) is 3.49. The minimum absolute atomic E-state index is 1.32. The molecule has 0 unspecified atom stereocenters. The molecule has 0 saturated carbocycles. The Morgan fingerprint density at radius 2 is 1.20 bits per heavy atom. The van der Waals surface area contributed by atoms with Crippen LogP contribution in [-0.2, 0) is 0 Å². The molecule has 4 aromatic rings. The summed E-state index contributed by atoms with van der Waals surface area (Å²) in [6.45, 7) is 0. The van der Waals surface area contributed by atoms with Gasteiger partial charge in [0.25, 0.3) is 0 Å². The van der Waals surface area contributed by atoms with Gasteiger partial charge in [-0.25, -0.2) is 0 Å². The minimum atomic E-state index is 1.32. The first-order chi connectivity index (χ1) is 9.93. The highest BCUT2D eigenvalue weighted by molar-refractivity contribution is 6.21. The van der Waals surface area contributed by atoms with Crippen molar-refractivity contribution in [1.29, 1.82) is 0 Å². The summed E-state index contributed by atoms with van der Waals surface area (Å²) < 4.78 is 0. The number of hydrogen-bond donors (Lipinski definition) is 0. The molecule has 0 N–H and O–H groups in total. The maximum absolute atomic E-state index is 2.27. The molecular formula is C20H12. The van der Waals surface area contributed by atoms with Gasteiger partial charge in [-0.3, -0.25) is 0 Å². The maximum Gasteiger partial charge on any atom is -0.00201 e. The van der Waals surface area contributed by atoms with E-state index < -0.39 is 0 Å². The van der Waals surface area contributed by atoms with E-state index in [0.717, 1.165) is 0 Å². The summed E-state index contributed by atoms with van der Waals surface area (Å²) in [5, 5.41) is 5.41. The van der Waals surface area contributed by atoms with Crippen LogP contribution in [0.2, 0.25) is 0 Å². The number of rotatable bonds is 0. The van der Waals surface area contributed by atoms with Crippen molar-refractivity contribution in [1.82, 2.24) is 0 Å². The molecule has 0 bridgehead atoms. The van der Waals surface area contributed by atoms with E-state index in [1.807, 2.05) is 0 Å². The highest BCUT2D eigenvalue weighted by Gasteiger charge is 2.22. The number of benzene rings is 4. The average Bonchev–Trinajstić information content (AvgIpc) is 2.85. The Kier molecular flexibility index (Phi) is 1.78. The second-order valence-corrected chi connectivity index (χ2v) is 5.42. The molecule has 1 aliphatic rings. The van der Waals surface area contributed by atoms with Crippen LogP contribution in [0.15, 0.2) is 72.8 Å². The molecule has 0 atom stereocenters. The van der Waals surface area contributed by atoms with Gasteiger partial charge in [-0.05, 0) is 43.8 Å². The van der Waals surface area contributed by atoms with Crippen LogP contribution in [0, 0.1) is 0 Å². The van der Waals surface area contributed by atoms with E-state index in [1.165, 1.54) is 43.8 Å². The molecule has 1 aliphatic carbocycles. The smallest absolute Gasteiger partial charge is 0.00201 e. The molecule has 0 saturated heterocycles. The van der Waals surface area contributed by atoms with Crippen molar-refractivity contribution in [2.45, 2.75) is 0 Å². The van der Waals surface area contributed by atoms with E-state index in [-0.39, 0.29) is 0 Å². The summed E-state index contributed by atoms with van der Waals surface area (Å²) >= 11 is 0. The average molecular weight is 252 g/mol. The fourth-order valence-electron chi connectivity index (χ4n) is 3.56. The van der Waals surface area contributed by atoms with Crippen molar-refractivity contribution >= 4 is 21.5 Å². The largest absolute Gasteiger partial charge is 0.0616 e. The molecule has 0 heterocycles. The first-order valence-corrected chi connectivity index (χ1v) is 6.98. The highest BCUT2D eigenvalue weighted by Crippen LogP contribution is 2.49. The quantitative estimate of drug-likeness (QED) is 0.334. The zero-order valence-corrected chi connectivity index (χ0v) is 10.9. The molecule has 92 valence electrons. The maximum atomic E-state index is 2.27. The predicted octanol–water partition coefficient (Wildman–Crippen LogP) is 5.64. The Labute approximate surface area is 117 Å². The van der Waals surface area contributed by atoms with Gasteiger partial charge < -0.3 is 0 Å². The number of hydrogen-bond acceptors (Lipinski definition) is 0. The van der Waals surface area contributed by atoms with Gasteiger partial charge in [-0.1, -0.05) is 72.8 Å². The van der Waals surface area contributed by atoms with Crippen LogP contribution in [0.4, 0.5) is 0 Å². The molecular weight excluding hydrogens is 240 g/mol. The van der Waals surface area contributed by atoms with Crippen molar-refractivity contribution in [2.75, 3.05) is 0 Å². The third kappa shape index (κ3) is 1.12. The Morgan fingerprint density at radius 3 is 2.10 bits per heavy atom. The lowest BCUT2D eigenvalue weighted by atomic mass is 9.97. The van der Waals surface area contributed by atoms with E-state index in [0.29, 0.717) is 0 Å². The SMILES string of the molecule is c1ccc2c3c(ccc2c1)-c1cccc2cccc-3c12. The monoisotopic (exact) mass is 252 g/mol. The van der Waals surface area contributed by atoms with E-state index in [2.05, 4.69) is 72.8 Å². The van der Waals surface area contributed by atoms with Crippen LogP contribution in [-0.4, -0.2) is 0 Å². The molecule has 0 spiro atoms. The summed E-state index contributed by atoms with van der Waals surface area (Å²) in [6, 6.07) is 26.4. The molecule has 0 aliphatic heterocycles. The standard InChI is InChI=1S/C20H12/c1-2-8-15-13(5-1)11-12-17-16-9-3-6-14-7-4-10-18(19(14)16)20(15)17/h1-12H.